The van der Waals surface area contributed by atoms with Crippen LogP contribution in [0.4, 0.5) is 0 Å². The van der Waals surface area contributed by atoms with E-state index in [4.69, 9.17) is 0 Å². The molecule has 4 heteroatoms. The normalized spacial score (nSPS) is 24.5. The van der Waals surface area contributed by atoms with E-state index >= 15 is 0 Å². The van der Waals surface area contributed by atoms with Crippen molar-refractivity contribution < 1.29 is 0 Å². The molecule has 1 aromatic heterocycles. The Morgan fingerprint density at radius 2 is 2.21 bits per heavy atom. The summed E-state index contributed by atoms with van der Waals surface area (Å²) in [6.07, 6.45) is 1.89. The van der Waals surface area contributed by atoms with E-state index < -0.39 is 0 Å². The number of nitrogens with one attached hydrogen (secondary N) is 1. The number of aromatic nitrogens is 1. The minimum absolute atomic E-state index is 0.0468. The summed E-state index contributed by atoms with van der Waals surface area (Å²) in [6.45, 7) is 6.36. The van der Waals surface area contributed by atoms with E-state index in [1.165, 1.54) is 10.6 Å². The Morgan fingerprint density at radius 1 is 1.37 bits per heavy atom. The SMILES string of the molecule is CC1(c2ccccc2)CNCCN1Cc1nccs1. The summed E-state index contributed by atoms with van der Waals surface area (Å²) in [5, 5.41) is 6.78. The highest BCUT2D eigenvalue weighted by Crippen LogP contribution is 2.31. The van der Waals surface area contributed by atoms with Gasteiger partial charge in [0.15, 0.2) is 0 Å². The minimum atomic E-state index is 0.0468. The van der Waals surface area contributed by atoms with Gasteiger partial charge in [0.2, 0.25) is 0 Å². The predicted molar refractivity (Wildman–Crippen MR) is 79.2 cm³/mol. The number of hydrogen-bond acceptors (Lipinski definition) is 4. The molecule has 0 spiro atoms. The van der Waals surface area contributed by atoms with E-state index in [1.54, 1.807) is 11.3 Å². The molecule has 1 fully saturated rings. The third-order valence-electron chi connectivity index (χ3n) is 3.93. The molecule has 3 rings (SSSR count). The van der Waals surface area contributed by atoms with E-state index in [1.807, 2.05) is 6.20 Å². The van der Waals surface area contributed by atoms with Crippen molar-refractivity contribution in [3.8, 4) is 0 Å². The molecule has 1 aliphatic rings. The zero-order valence-electron chi connectivity index (χ0n) is 11.2. The Labute approximate surface area is 118 Å². The quantitative estimate of drug-likeness (QED) is 0.931. The van der Waals surface area contributed by atoms with Crippen LogP contribution in [0, 0.1) is 0 Å². The fraction of sp³-hybridized carbons (Fsp3) is 0.400. The average molecular weight is 273 g/mol. The van der Waals surface area contributed by atoms with Gasteiger partial charge in [-0.05, 0) is 12.5 Å². The molecule has 3 nitrogen and oxygen atoms in total. The van der Waals surface area contributed by atoms with Gasteiger partial charge in [0.1, 0.15) is 5.01 Å². The van der Waals surface area contributed by atoms with Crippen molar-refractivity contribution in [3.63, 3.8) is 0 Å². The molecule has 0 bridgehead atoms. The zero-order valence-corrected chi connectivity index (χ0v) is 12.0. The largest absolute Gasteiger partial charge is 0.313 e. The summed E-state index contributed by atoms with van der Waals surface area (Å²) >= 11 is 1.74. The fourth-order valence-corrected chi connectivity index (χ4v) is 3.36. The van der Waals surface area contributed by atoms with Crippen molar-refractivity contribution >= 4 is 11.3 Å². The second kappa shape index (κ2) is 5.41. The number of rotatable bonds is 3. The standard InChI is InChI=1S/C15H19N3S/c1-15(13-5-3-2-4-6-13)12-16-7-9-18(15)11-14-17-8-10-19-14/h2-6,8,10,16H,7,9,11-12H2,1H3. The Kier molecular flexibility index (Phi) is 3.64. The summed E-state index contributed by atoms with van der Waals surface area (Å²) in [7, 11) is 0. The van der Waals surface area contributed by atoms with Gasteiger partial charge in [-0.15, -0.1) is 11.3 Å². The van der Waals surface area contributed by atoms with Gasteiger partial charge in [-0.3, -0.25) is 4.90 Å². The highest BCUT2D eigenvalue weighted by atomic mass is 32.1. The van der Waals surface area contributed by atoms with Crippen molar-refractivity contribution in [1.29, 1.82) is 0 Å². The monoisotopic (exact) mass is 273 g/mol. The summed E-state index contributed by atoms with van der Waals surface area (Å²) in [4.78, 5) is 6.97. The lowest BCUT2D eigenvalue weighted by molar-refractivity contribution is 0.0649. The summed E-state index contributed by atoms with van der Waals surface area (Å²) in [5.41, 5.74) is 1.42. The summed E-state index contributed by atoms with van der Waals surface area (Å²) < 4.78 is 0. The Bertz CT molecular complexity index is 511. The van der Waals surface area contributed by atoms with Crippen LogP contribution in [0.25, 0.3) is 0 Å². The highest BCUT2D eigenvalue weighted by Gasteiger charge is 2.36. The van der Waals surface area contributed by atoms with Crippen LogP contribution in [0.15, 0.2) is 41.9 Å². The molecule has 2 aromatic rings. The first kappa shape index (κ1) is 12.8. The third-order valence-corrected chi connectivity index (χ3v) is 4.70. The van der Waals surface area contributed by atoms with Gasteiger partial charge >= 0.3 is 0 Å². The Balaban J connectivity index is 1.88. The maximum atomic E-state index is 4.43. The summed E-state index contributed by atoms with van der Waals surface area (Å²) in [5.74, 6) is 0. The smallest absolute Gasteiger partial charge is 0.107 e. The van der Waals surface area contributed by atoms with Crippen LogP contribution in [0.5, 0.6) is 0 Å². The van der Waals surface area contributed by atoms with Crippen molar-refractivity contribution in [2.24, 2.45) is 0 Å². The van der Waals surface area contributed by atoms with E-state index in [9.17, 15) is 0 Å². The van der Waals surface area contributed by atoms with Crippen molar-refractivity contribution in [3.05, 3.63) is 52.5 Å². The van der Waals surface area contributed by atoms with Crippen molar-refractivity contribution in [2.75, 3.05) is 19.6 Å². The molecule has 0 saturated carbocycles. The van der Waals surface area contributed by atoms with Crippen LogP contribution in [-0.4, -0.2) is 29.5 Å². The Hall–Kier alpha value is -1.23. The maximum Gasteiger partial charge on any atom is 0.107 e. The molecule has 0 amide bonds. The third kappa shape index (κ3) is 2.56. The molecule has 1 saturated heterocycles. The predicted octanol–water partition coefficient (Wildman–Crippen LogP) is 2.46. The molecule has 1 aliphatic heterocycles. The Morgan fingerprint density at radius 3 is 2.95 bits per heavy atom. The van der Waals surface area contributed by atoms with E-state index in [2.05, 4.69) is 57.8 Å². The maximum absolute atomic E-state index is 4.43. The van der Waals surface area contributed by atoms with Gasteiger partial charge in [0.25, 0.3) is 0 Å². The number of piperazine rings is 1. The van der Waals surface area contributed by atoms with E-state index in [-0.39, 0.29) is 5.54 Å². The number of nitrogens with zero attached hydrogens (tertiary/aromatic N) is 2. The van der Waals surface area contributed by atoms with E-state index in [0.717, 1.165) is 26.2 Å². The van der Waals surface area contributed by atoms with Crippen LogP contribution in [0.1, 0.15) is 17.5 Å². The molecular weight excluding hydrogens is 254 g/mol. The van der Waals surface area contributed by atoms with Gasteiger partial charge in [-0.1, -0.05) is 30.3 Å². The number of hydrogen-bond donors (Lipinski definition) is 1. The van der Waals surface area contributed by atoms with Gasteiger partial charge in [-0.2, -0.15) is 0 Å². The topological polar surface area (TPSA) is 28.2 Å². The molecule has 0 aliphatic carbocycles. The van der Waals surface area contributed by atoms with Crippen LogP contribution >= 0.6 is 11.3 Å². The molecule has 100 valence electrons. The molecule has 19 heavy (non-hydrogen) atoms. The number of benzene rings is 1. The lowest BCUT2D eigenvalue weighted by atomic mass is 9.88. The van der Waals surface area contributed by atoms with Crippen LogP contribution < -0.4 is 5.32 Å². The second-order valence-corrected chi connectivity index (χ2v) is 6.14. The highest BCUT2D eigenvalue weighted by molar-refractivity contribution is 7.09. The molecule has 0 radical (unpaired) electrons. The van der Waals surface area contributed by atoms with Crippen molar-refractivity contribution in [2.45, 2.75) is 19.0 Å². The minimum Gasteiger partial charge on any atom is -0.313 e. The lowest BCUT2D eigenvalue weighted by Gasteiger charge is -2.45. The first-order valence-electron chi connectivity index (χ1n) is 6.69. The molecule has 1 atom stereocenters. The van der Waals surface area contributed by atoms with Gasteiger partial charge < -0.3 is 5.32 Å². The molecule has 1 aromatic carbocycles. The summed E-state index contributed by atoms with van der Waals surface area (Å²) in [6, 6.07) is 10.8. The first-order chi connectivity index (χ1) is 9.29. The average Bonchev–Trinajstić information content (AvgIpc) is 2.96. The van der Waals surface area contributed by atoms with Crippen LogP contribution in [0.2, 0.25) is 0 Å². The first-order valence-corrected chi connectivity index (χ1v) is 7.57. The fourth-order valence-electron chi connectivity index (χ4n) is 2.73. The van der Waals surface area contributed by atoms with E-state index in [0.29, 0.717) is 0 Å². The number of thiazole rings is 1. The zero-order chi connectivity index (χ0) is 13.1. The molecule has 1 N–H and O–H groups in total. The van der Waals surface area contributed by atoms with Crippen molar-refractivity contribution in [1.82, 2.24) is 15.2 Å². The van der Waals surface area contributed by atoms with Crippen LogP contribution in [-0.2, 0) is 12.1 Å². The molecular formula is C15H19N3S. The van der Waals surface area contributed by atoms with Crippen LogP contribution in [0.3, 0.4) is 0 Å². The second-order valence-electron chi connectivity index (χ2n) is 5.16. The van der Waals surface area contributed by atoms with Gasteiger partial charge in [-0.25, -0.2) is 4.98 Å². The van der Waals surface area contributed by atoms with Gasteiger partial charge in [0.05, 0.1) is 12.1 Å². The molecule has 1 unspecified atom stereocenters. The molecule has 2 heterocycles. The van der Waals surface area contributed by atoms with Gasteiger partial charge in [0, 0.05) is 31.2 Å². The lowest BCUT2D eigenvalue weighted by Crippen LogP contribution is -2.56.